The highest BCUT2D eigenvalue weighted by atomic mass is 14.9. The number of rotatable bonds is 0. The Morgan fingerprint density at radius 2 is 1.75 bits per heavy atom. The number of hydrogen-bond acceptors (Lipinski definition) is 2. The molecule has 0 saturated carbocycles. The average Bonchev–Trinajstić information content (AvgIpc) is 2.03. The lowest BCUT2D eigenvalue weighted by Crippen LogP contribution is -2.15. The molecule has 1 aromatic heterocycles. The van der Waals surface area contributed by atoms with E-state index in [2.05, 4.69) is 14.8 Å². The van der Waals surface area contributed by atoms with E-state index >= 15 is 0 Å². The Morgan fingerprint density at radius 1 is 1.25 bits per heavy atom. The Bertz CT molecular complexity index is 300. The summed E-state index contributed by atoms with van der Waals surface area (Å²) in [6.07, 6.45) is 3.11. The third-order valence-electron chi connectivity index (χ3n) is 1.44. The van der Waals surface area contributed by atoms with Crippen LogP contribution in [-0.2, 0) is 5.41 Å². The maximum Gasteiger partial charge on any atom is 0.222 e. The standard InChI is InChI=1S/C9H11N3/c1-9(2,3)8-11-5-7(10-4)6-12-8/h5-6H,1-3H3. The third kappa shape index (κ3) is 1.79. The molecule has 0 aliphatic carbocycles. The summed E-state index contributed by atoms with van der Waals surface area (Å²) in [7, 11) is 0. The molecule has 0 saturated heterocycles. The molecule has 3 nitrogen and oxygen atoms in total. The summed E-state index contributed by atoms with van der Waals surface area (Å²) >= 11 is 0. The Labute approximate surface area is 72.3 Å². The second kappa shape index (κ2) is 2.90. The van der Waals surface area contributed by atoms with E-state index in [-0.39, 0.29) is 5.41 Å². The van der Waals surface area contributed by atoms with Crippen molar-refractivity contribution in [2.45, 2.75) is 26.2 Å². The van der Waals surface area contributed by atoms with Crippen LogP contribution in [0, 0.1) is 6.57 Å². The molecule has 62 valence electrons. The van der Waals surface area contributed by atoms with Crippen molar-refractivity contribution in [2.24, 2.45) is 0 Å². The molecule has 1 heterocycles. The minimum atomic E-state index is -0.0411. The molecule has 0 spiro atoms. The number of aromatic nitrogens is 2. The van der Waals surface area contributed by atoms with Gasteiger partial charge in [0.2, 0.25) is 5.69 Å². The van der Waals surface area contributed by atoms with Crippen molar-refractivity contribution >= 4 is 5.69 Å². The maximum atomic E-state index is 6.72. The normalized spacial score (nSPS) is 10.8. The highest BCUT2D eigenvalue weighted by Gasteiger charge is 2.16. The first-order valence-electron chi connectivity index (χ1n) is 3.74. The molecule has 12 heavy (non-hydrogen) atoms. The van der Waals surface area contributed by atoms with Gasteiger partial charge in [-0.1, -0.05) is 20.8 Å². The van der Waals surface area contributed by atoms with E-state index in [1.54, 1.807) is 12.4 Å². The van der Waals surface area contributed by atoms with Crippen molar-refractivity contribution < 1.29 is 0 Å². The summed E-state index contributed by atoms with van der Waals surface area (Å²) in [5, 5.41) is 0. The lowest BCUT2D eigenvalue weighted by atomic mass is 9.96. The molecule has 0 fully saturated rings. The fourth-order valence-electron chi connectivity index (χ4n) is 0.766. The van der Waals surface area contributed by atoms with Crippen LogP contribution in [-0.4, -0.2) is 9.97 Å². The highest BCUT2D eigenvalue weighted by Crippen LogP contribution is 2.18. The molecular formula is C9H11N3. The summed E-state index contributed by atoms with van der Waals surface area (Å²) in [6, 6.07) is 0. The minimum absolute atomic E-state index is 0.0411. The van der Waals surface area contributed by atoms with Gasteiger partial charge in [-0.3, -0.25) is 9.97 Å². The van der Waals surface area contributed by atoms with Crippen LogP contribution in [0.5, 0.6) is 0 Å². The van der Waals surface area contributed by atoms with E-state index in [0.717, 1.165) is 5.82 Å². The van der Waals surface area contributed by atoms with Crippen LogP contribution in [0.3, 0.4) is 0 Å². The summed E-state index contributed by atoms with van der Waals surface area (Å²) in [6.45, 7) is 12.8. The lowest BCUT2D eigenvalue weighted by molar-refractivity contribution is 0.545. The molecule has 0 aromatic carbocycles. The molecule has 1 aromatic rings. The number of hydrogen-bond donors (Lipinski definition) is 0. The maximum absolute atomic E-state index is 6.72. The van der Waals surface area contributed by atoms with Gasteiger partial charge < -0.3 is 0 Å². The Balaban J connectivity index is 3.02. The molecule has 0 atom stereocenters. The van der Waals surface area contributed by atoms with Crippen LogP contribution >= 0.6 is 0 Å². The molecule has 0 amide bonds. The predicted octanol–water partition coefficient (Wildman–Crippen LogP) is 2.32. The van der Waals surface area contributed by atoms with Gasteiger partial charge in [-0.25, -0.2) is 4.85 Å². The van der Waals surface area contributed by atoms with Gasteiger partial charge in [0.25, 0.3) is 0 Å². The fraction of sp³-hybridized carbons (Fsp3) is 0.444. The van der Waals surface area contributed by atoms with Crippen LogP contribution < -0.4 is 0 Å². The zero-order valence-corrected chi connectivity index (χ0v) is 7.50. The van der Waals surface area contributed by atoms with E-state index in [9.17, 15) is 0 Å². The van der Waals surface area contributed by atoms with Crippen molar-refractivity contribution in [1.82, 2.24) is 9.97 Å². The molecule has 0 unspecified atom stereocenters. The quantitative estimate of drug-likeness (QED) is 0.546. The number of nitrogens with zero attached hydrogens (tertiary/aromatic N) is 3. The van der Waals surface area contributed by atoms with Crippen LogP contribution in [0.15, 0.2) is 12.4 Å². The molecule has 1 rings (SSSR count). The fourth-order valence-corrected chi connectivity index (χ4v) is 0.766. The zero-order valence-electron chi connectivity index (χ0n) is 7.50. The van der Waals surface area contributed by atoms with Gasteiger partial charge in [0, 0.05) is 17.8 Å². The molecule has 0 aliphatic heterocycles. The zero-order chi connectivity index (χ0) is 9.19. The van der Waals surface area contributed by atoms with Crippen molar-refractivity contribution in [2.75, 3.05) is 0 Å². The molecule has 0 N–H and O–H groups in total. The van der Waals surface area contributed by atoms with Gasteiger partial charge in [0.1, 0.15) is 5.82 Å². The molecular weight excluding hydrogens is 150 g/mol. The Kier molecular flexibility index (Phi) is 2.09. The first-order chi connectivity index (χ1) is 5.54. The second-order valence-corrected chi connectivity index (χ2v) is 3.63. The minimum Gasteiger partial charge on any atom is -0.252 e. The van der Waals surface area contributed by atoms with E-state index in [1.807, 2.05) is 20.8 Å². The lowest BCUT2D eigenvalue weighted by Gasteiger charge is -2.15. The summed E-state index contributed by atoms with van der Waals surface area (Å²) in [5.41, 5.74) is 0.448. The van der Waals surface area contributed by atoms with Gasteiger partial charge in [-0.15, -0.1) is 0 Å². The highest BCUT2D eigenvalue weighted by molar-refractivity contribution is 5.38. The Hall–Kier alpha value is -1.43. The van der Waals surface area contributed by atoms with Crippen molar-refractivity contribution in [3.05, 3.63) is 29.6 Å². The van der Waals surface area contributed by atoms with Crippen LogP contribution in [0.4, 0.5) is 5.69 Å². The SMILES string of the molecule is [C-]#[N+]c1cnc(C(C)(C)C)nc1. The third-order valence-corrected chi connectivity index (χ3v) is 1.44. The largest absolute Gasteiger partial charge is 0.252 e. The predicted molar refractivity (Wildman–Crippen MR) is 47.0 cm³/mol. The summed E-state index contributed by atoms with van der Waals surface area (Å²) in [4.78, 5) is 11.4. The van der Waals surface area contributed by atoms with Crippen molar-refractivity contribution in [1.29, 1.82) is 0 Å². The van der Waals surface area contributed by atoms with Gasteiger partial charge in [-0.05, 0) is 0 Å². The van der Waals surface area contributed by atoms with Gasteiger partial charge in [0.15, 0.2) is 0 Å². The van der Waals surface area contributed by atoms with Crippen LogP contribution in [0.25, 0.3) is 4.85 Å². The van der Waals surface area contributed by atoms with Crippen LogP contribution in [0.2, 0.25) is 0 Å². The smallest absolute Gasteiger partial charge is 0.222 e. The van der Waals surface area contributed by atoms with E-state index < -0.39 is 0 Å². The van der Waals surface area contributed by atoms with Gasteiger partial charge >= 0.3 is 0 Å². The average molecular weight is 161 g/mol. The molecule has 3 heteroatoms. The first-order valence-corrected chi connectivity index (χ1v) is 3.74. The molecule has 0 radical (unpaired) electrons. The monoisotopic (exact) mass is 161 g/mol. The first kappa shape index (κ1) is 8.66. The van der Waals surface area contributed by atoms with Crippen molar-refractivity contribution in [3.63, 3.8) is 0 Å². The van der Waals surface area contributed by atoms with Crippen molar-refractivity contribution in [3.8, 4) is 0 Å². The molecule has 0 aliphatic rings. The van der Waals surface area contributed by atoms with E-state index in [0.29, 0.717) is 5.69 Å². The van der Waals surface area contributed by atoms with Gasteiger partial charge in [-0.2, -0.15) is 0 Å². The summed E-state index contributed by atoms with van der Waals surface area (Å²) in [5.74, 6) is 0.773. The second-order valence-electron chi connectivity index (χ2n) is 3.63. The van der Waals surface area contributed by atoms with Gasteiger partial charge in [0.05, 0.1) is 6.57 Å². The van der Waals surface area contributed by atoms with Crippen LogP contribution in [0.1, 0.15) is 26.6 Å². The van der Waals surface area contributed by atoms with E-state index in [1.165, 1.54) is 0 Å². The topological polar surface area (TPSA) is 30.1 Å². The van der Waals surface area contributed by atoms with E-state index in [4.69, 9.17) is 6.57 Å². The Morgan fingerprint density at radius 3 is 2.08 bits per heavy atom. The molecule has 0 bridgehead atoms. The summed E-state index contributed by atoms with van der Waals surface area (Å²) < 4.78 is 0.